The molecule has 1 N–H and O–H groups in total. The molecule has 1 heterocycles. The second-order valence-electron chi connectivity index (χ2n) is 4.96. The van der Waals surface area contributed by atoms with Crippen molar-refractivity contribution >= 4 is 0 Å². The van der Waals surface area contributed by atoms with Gasteiger partial charge in [-0.05, 0) is 56.3 Å². The van der Waals surface area contributed by atoms with Gasteiger partial charge in [-0.3, -0.25) is 0 Å². The van der Waals surface area contributed by atoms with Gasteiger partial charge in [0, 0.05) is 6.04 Å². The molecule has 2 fully saturated rings. The summed E-state index contributed by atoms with van der Waals surface area (Å²) < 4.78 is 5.81. The van der Waals surface area contributed by atoms with Gasteiger partial charge >= 0.3 is 0 Å². The van der Waals surface area contributed by atoms with Crippen LogP contribution in [0.25, 0.3) is 0 Å². The molecule has 16 heavy (non-hydrogen) atoms. The van der Waals surface area contributed by atoms with Crippen LogP contribution in [0.2, 0.25) is 0 Å². The highest BCUT2D eigenvalue weighted by Gasteiger charge is 2.23. The van der Waals surface area contributed by atoms with Crippen molar-refractivity contribution in [2.75, 3.05) is 6.54 Å². The summed E-state index contributed by atoms with van der Waals surface area (Å²) in [5, 5.41) is 3.54. The lowest BCUT2D eigenvalue weighted by atomic mass is 10.0. The minimum Gasteiger partial charge on any atom is -0.490 e. The molecule has 1 aromatic carbocycles. The van der Waals surface area contributed by atoms with E-state index in [0.29, 0.717) is 12.1 Å². The van der Waals surface area contributed by atoms with Crippen molar-refractivity contribution in [3.05, 3.63) is 29.8 Å². The molecule has 2 heteroatoms. The van der Waals surface area contributed by atoms with E-state index in [4.69, 9.17) is 4.74 Å². The molecule has 2 nitrogen and oxygen atoms in total. The summed E-state index contributed by atoms with van der Waals surface area (Å²) in [6.45, 7) is 1.18. The molecule has 0 spiro atoms. The van der Waals surface area contributed by atoms with Gasteiger partial charge in [-0.15, -0.1) is 0 Å². The van der Waals surface area contributed by atoms with E-state index in [1.807, 2.05) is 0 Å². The first-order chi connectivity index (χ1) is 7.90. The van der Waals surface area contributed by atoms with Crippen LogP contribution in [0.15, 0.2) is 24.3 Å². The first kappa shape index (κ1) is 10.2. The summed E-state index contributed by atoms with van der Waals surface area (Å²) in [5.74, 6) is 1.05. The molecule has 1 unspecified atom stereocenters. The molecule has 86 valence electrons. The summed E-state index contributed by atoms with van der Waals surface area (Å²) in [4.78, 5) is 0. The first-order valence-electron chi connectivity index (χ1n) is 6.39. The third-order valence-corrected chi connectivity index (χ3v) is 3.37. The van der Waals surface area contributed by atoms with E-state index in [9.17, 15) is 0 Å². The molecule has 1 saturated carbocycles. The zero-order valence-corrected chi connectivity index (χ0v) is 9.61. The second-order valence-corrected chi connectivity index (χ2v) is 4.96. The van der Waals surface area contributed by atoms with Crippen LogP contribution in [-0.2, 0) is 6.42 Å². The molecule has 1 aromatic rings. The van der Waals surface area contributed by atoms with Crippen molar-refractivity contribution in [2.24, 2.45) is 0 Å². The summed E-state index contributed by atoms with van der Waals surface area (Å²) in [6, 6.07) is 9.28. The smallest absolute Gasteiger partial charge is 0.119 e. The maximum atomic E-state index is 5.81. The lowest BCUT2D eigenvalue weighted by Gasteiger charge is -2.11. The molecule has 0 amide bonds. The molecule has 1 aliphatic heterocycles. The highest BCUT2D eigenvalue weighted by atomic mass is 16.5. The van der Waals surface area contributed by atoms with Crippen molar-refractivity contribution in [2.45, 2.75) is 44.2 Å². The van der Waals surface area contributed by atoms with Gasteiger partial charge in [0.2, 0.25) is 0 Å². The van der Waals surface area contributed by atoms with Crippen molar-refractivity contribution in [3.63, 3.8) is 0 Å². The van der Waals surface area contributed by atoms with E-state index in [-0.39, 0.29) is 0 Å². The zero-order valence-electron chi connectivity index (χ0n) is 9.61. The Bertz CT molecular complexity index is 354. The fourth-order valence-corrected chi connectivity index (χ4v) is 2.34. The van der Waals surface area contributed by atoms with E-state index in [1.165, 1.54) is 37.8 Å². The predicted molar refractivity (Wildman–Crippen MR) is 64.8 cm³/mol. The molecule has 1 aliphatic carbocycles. The van der Waals surface area contributed by atoms with E-state index >= 15 is 0 Å². The lowest BCUT2D eigenvalue weighted by Crippen LogP contribution is -2.23. The largest absolute Gasteiger partial charge is 0.490 e. The Balaban J connectivity index is 1.63. The molecular weight excluding hydrogens is 198 g/mol. The molecule has 1 saturated heterocycles. The van der Waals surface area contributed by atoms with Gasteiger partial charge in [-0.2, -0.15) is 0 Å². The first-order valence-corrected chi connectivity index (χ1v) is 6.39. The molecule has 3 rings (SSSR count). The summed E-state index contributed by atoms with van der Waals surface area (Å²) in [7, 11) is 0. The number of rotatable bonds is 4. The average molecular weight is 217 g/mol. The van der Waals surface area contributed by atoms with Gasteiger partial charge < -0.3 is 10.1 Å². The van der Waals surface area contributed by atoms with E-state index in [0.717, 1.165) is 12.2 Å². The maximum Gasteiger partial charge on any atom is 0.119 e. The van der Waals surface area contributed by atoms with Gasteiger partial charge in [0.1, 0.15) is 5.75 Å². The Labute approximate surface area is 97.0 Å². The minimum atomic E-state index is 0.500. The van der Waals surface area contributed by atoms with E-state index in [1.54, 1.807) is 0 Å². The van der Waals surface area contributed by atoms with Crippen molar-refractivity contribution in [1.82, 2.24) is 5.32 Å². The van der Waals surface area contributed by atoms with Crippen molar-refractivity contribution in [3.8, 4) is 5.75 Å². The van der Waals surface area contributed by atoms with Crippen LogP contribution in [-0.4, -0.2) is 18.7 Å². The third-order valence-electron chi connectivity index (χ3n) is 3.37. The number of ether oxygens (including phenoxy) is 1. The monoisotopic (exact) mass is 217 g/mol. The van der Waals surface area contributed by atoms with Crippen molar-refractivity contribution < 1.29 is 4.74 Å². The van der Waals surface area contributed by atoms with Gasteiger partial charge in [-0.1, -0.05) is 12.1 Å². The average Bonchev–Trinajstić information content (AvgIpc) is 2.94. The zero-order chi connectivity index (χ0) is 10.8. The fraction of sp³-hybridized carbons (Fsp3) is 0.571. The van der Waals surface area contributed by atoms with Crippen LogP contribution in [0.4, 0.5) is 0 Å². The number of hydrogen-bond acceptors (Lipinski definition) is 2. The molecule has 0 aromatic heterocycles. The van der Waals surface area contributed by atoms with Crippen LogP contribution >= 0.6 is 0 Å². The Hall–Kier alpha value is -1.02. The van der Waals surface area contributed by atoms with Gasteiger partial charge in [0.15, 0.2) is 0 Å². The topological polar surface area (TPSA) is 21.3 Å². The van der Waals surface area contributed by atoms with Gasteiger partial charge in [0.05, 0.1) is 6.10 Å². The number of nitrogens with one attached hydrogen (secondary N) is 1. The van der Waals surface area contributed by atoms with Crippen LogP contribution in [0.5, 0.6) is 5.75 Å². The SMILES string of the molecule is c1cc(CC2CCCN2)cc(OC2CC2)c1. The predicted octanol–water partition coefficient (Wildman–Crippen LogP) is 2.52. The highest BCUT2D eigenvalue weighted by molar-refractivity contribution is 5.29. The Kier molecular flexibility index (Phi) is 2.83. The summed E-state index contributed by atoms with van der Waals surface area (Å²) >= 11 is 0. The quantitative estimate of drug-likeness (QED) is 0.836. The highest BCUT2D eigenvalue weighted by Crippen LogP contribution is 2.27. The van der Waals surface area contributed by atoms with Gasteiger partial charge in [0.25, 0.3) is 0 Å². The van der Waals surface area contributed by atoms with Crippen LogP contribution in [0, 0.1) is 0 Å². The summed E-state index contributed by atoms with van der Waals surface area (Å²) in [6.07, 6.45) is 6.74. The van der Waals surface area contributed by atoms with Crippen LogP contribution < -0.4 is 10.1 Å². The number of benzene rings is 1. The third kappa shape index (κ3) is 2.56. The number of hydrogen-bond donors (Lipinski definition) is 1. The fourth-order valence-electron chi connectivity index (χ4n) is 2.34. The Morgan fingerprint density at radius 1 is 1.25 bits per heavy atom. The standard InChI is InChI=1S/C14H19NO/c1-3-11(9-12-4-2-8-15-12)10-14(5-1)16-13-6-7-13/h1,3,5,10,12-13,15H,2,4,6-9H2. The molecule has 2 aliphatic rings. The van der Waals surface area contributed by atoms with Crippen LogP contribution in [0.1, 0.15) is 31.2 Å². The van der Waals surface area contributed by atoms with E-state index < -0.39 is 0 Å². The lowest BCUT2D eigenvalue weighted by molar-refractivity contribution is 0.303. The minimum absolute atomic E-state index is 0.500. The maximum absolute atomic E-state index is 5.81. The second kappa shape index (κ2) is 4.46. The molecule has 0 bridgehead atoms. The van der Waals surface area contributed by atoms with E-state index in [2.05, 4.69) is 29.6 Å². The van der Waals surface area contributed by atoms with Crippen molar-refractivity contribution in [1.29, 1.82) is 0 Å². The van der Waals surface area contributed by atoms with Crippen LogP contribution in [0.3, 0.4) is 0 Å². The summed E-state index contributed by atoms with van der Waals surface area (Å²) in [5.41, 5.74) is 1.40. The normalized spacial score (nSPS) is 24.6. The Morgan fingerprint density at radius 2 is 2.19 bits per heavy atom. The molecular formula is C14H19NO. The van der Waals surface area contributed by atoms with Gasteiger partial charge in [-0.25, -0.2) is 0 Å². The molecule has 1 atom stereocenters. The molecule has 0 radical (unpaired) electrons. The Morgan fingerprint density at radius 3 is 2.94 bits per heavy atom.